The van der Waals surface area contributed by atoms with Crippen molar-refractivity contribution in [3.8, 4) is 0 Å². The van der Waals surface area contributed by atoms with Crippen molar-refractivity contribution in [3.05, 3.63) is 35.6 Å². The van der Waals surface area contributed by atoms with Crippen molar-refractivity contribution in [1.82, 2.24) is 0 Å². The van der Waals surface area contributed by atoms with Gasteiger partial charge in [-0.2, -0.15) is 0 Å². The summed E-state index contributed by atoms with van der Waals surface area (Å²) in [5.74, 6) is -1.09. The summed E-state index contributed by atoms with van der Waals surface area (Å²) in [4.78, 5) is 12.1. The van der Waals surface area contributed by atoms with Gasteiger partial charge < -0.3 is 9.05 Å². The van der Waals surface area contributed by atoms with E-state index in [0.717, 1.165) is 12.1 Å². The van der Waals surface area contributed by atoms with E-state index in [-0.39, 0.29) is 18.8 Å². The molecule has 19 heavy (non-hydrogen) atoms. The number of Topliss-reactive ketones (excluding diaryl/α,β-unsaturated/α-hetero) is 1. The van der Waals surface area contributed by atoms with E-state index >= 15 is 0 Å². The van der Waals surface area contributed by atoms with E-state index in [1.807, 2.05) is 0 Å². The van der Waals surface area contributed by atoms with E-state index in [4.69, 9.17) is 20.6 Å². The van der Waals surface area contributed by atoms with Crippen LogP contribution in [0.25, 0.3) is 0 Å². The zero-order valence-corrected chi connectivity index (χ0v) is 12.3. The van der Waals surface area contributed by atoms with Gasteiger partial charge in [0.15, 0.2) is 10.9 Å². The van der Waals surface area contributed by atoms with Crippen LogP contribution < -0.4 is 0 Å². The van der Waals surface area contributed by atoms with E-state index in [9.17, 15) is 13.8 Å². The van der Waals surface area contributed by atoms with Crippen molar-refractivity contribution >= 4 is 25.0 Å². The second kappa shape index (κ2) is 7.15. The fourth-order valence-electron chi connectivity index (χ4n) is 1.42. The van der Waals surface area contributed by atoms with Gasteiger partial charge in [-0.15, -0.1) is 11.6 Å². The molecule has 1 aromatic carbocycles. The summed E-state index contributed by atoms with van der Waals surface area (Å²) in [6, 6.07) is 4.80. The van der Waals surface area contributed by atoms with Crippen molar-refractivity contribution in [2.75, 3.05) is 13.2 Å². The Bertz CT molecular complexity index is 467. The van der Waals surface area contributed by atoms with Crippen LogP contribution in [-0.2, 0) is 13.6 Å². The molecule has 0 saturated heterocycles. The van der Waals surface area contributed by atoms with E-state index < -0.39 is 24.3 Å². The molecule has 0 radical (unpaired) electrons. The number of ketones is 1. The second-order valence-corrected chi connectivity index (χ2v) is 6.44. The van der Waals surface area contributed by atoms with Gasteiger partial charge in [0.1, 0.15) is 5.82 Å². The summed E-state index contributed by atoms with van der Waals surface area (Å²) in [6.45, 7) is 3.46. The number of hydrogen-bond donors (Lipinski definition) is 0. The van der Waals surface area contributed by atoms with Crippen molar-refractivity contribution in [3.63, 3.8) is 0 Å². The van der Waals surface area contributed by atoms with Gasteiger partial charge in [0.25, 0.3) is 0 Å². The summed E-state index contributed by atoms with van der Waals surface area (Å²) >= 11 is 5.91. The van der Waals surface area contributed by atoms with Gasteiger partial charge in [0.2, 0.25) is 0 Å². The maximum absolute atomic E-state index is 12.8. The van der Waals surface area contributed by atoms with Gasteiger partial charge in [0.05, 0.1) is 13.2 Å². The number of benzene rings is 1. The molecule has 0 aliphatic heterocycles. The molecular formula is C12H15ClFO4P. The first-order valence-corrected chi connectivity index (χ1v) is 7.82. The maximum atomic E-state index is 12.8. The van der Waals surface area contributed by atoms with Crippen LogP contribution in [0.4, 0.5) is 4.39 Å². The predicted molar refractivity (Wildman–Crippen MR) is 71.2 cm³/mol. The topological polar surface area (TPSA) is 52.6 Å². The number of carbonyl (C=O) groups is 1. The van der Waals surface area contributed by atoms with Crippen LogP contribution in [-0.4, -0.2) is 24.1 Å². The molecule has 0 saturated carbocycles. The number of rotatable bonds is 7. The predicted octanol–water partition coefficient (Wildman–Crippen LogP) is 3.84. The lowest BCUT2D eigenvalue weighted by Crippen LogP contribution is -2.18. The van der Waals surface area contributed by atoms with Crippen LogP contribution in [0.2, 0.25) is 0 Å². The Balaban J connectivity index is 2.96. The lowest BCUT2D eigenvalue weighted by atomic mass is 10.1. The molecule has 1 rings (SSSR count). The molecule has 0 amide bonds. The Labute approximate surface area is 116 Å². The normalized spacial score (nSPS) is 13.3. The van der Waals surface area contributed by atoms with Crippen LogP contribution in [0.3, 0.4) is 0 Å². The standard InChI is InChI=1S/C12H15ClFO4P/c1-3-17-19(16,18-4-2)12(13)11(15)9-5-7-10(14)8-6-9/h5-8,12H,3-4H2,1-2H3. The lowest BCUT2D eigenvalue weighted by Gasteiger charge is -2.20. The highest BCUT2D eigenvalue weighted by atomic mass is 35.5. The van der Waals surface area contributed by atoms with Crippen LogP contribution in [0.15, 0.2) is 24.3 Å². The molecule has 0 heterocycles. The van der Waals surface area contributed by atoms with E-state index in [1.54, 1.807) is 13.8 Å². The molecule has 7 heteroatoms. The van der Waals surface area contributed by atoms with Crippen LogP contribution >= 0.6 is 19.2 Å². The third-order valence-electron chi connectivity index (χ3n) is 2.24. The molecule has 0 bridgehead atoms. The van der Waals surface area contributed by atoms with Crippen molar-refractivity contribution in [2.24, 2.45) is 0 Å². The Kier molecular flexibility index (Phi) is 6.14. The lowest BCUT2D eigenvalue weighted by molar-refractivity contribution is 0.0992. The zero-order valence-electron chi connectivity index (χ0n) is 10.6. The number of alkyl halides is 1. The highest BCUT2D eigenvalue weighted by Gasteiger charge is 2.39. The smallest absolute Gasteiger partial charge is 0.308 e. The molecule has 1 atom stereocenters. The molecule has 1 aromatic rings. The van der Waals surface area contributed by atoms with E-state index in [0.29, 0.717) is 0 Å². The highest BCUT2D eigenvalue weighted by molar-refractivity contribution is 7.58. The molecule has 0 aliphatic carbocycles. The monoisotopic (exact) mass is 308 g/mol. The number of carbonyl (C=O) groups excluding carboxylic acids is 1. The van der Waals surface area contributed by atoms with Gasteiger partial charge in [-0.05, 0) is 38.1 Å². The molecule has 0 spiro atoms. The van der Waals surface area contributed by atoms with Gasteiger partial charge in [0, 0.05) is 5.56 Å². The van der Waals surface area contributed by atoms with E-state index in [2.05, 4.69) is 0 Å². The fourth-order valence-corrected chi connectivity index (χ4v) is 3.38. The molecule has 0 N–H and O–H groups in total. The minimum absolute atomic E-state index is 0.108. The summed E-state index contributed by atoms with van der Waals surface area (Å²) < 4.78 is 35.1. The van der Waals surface area contributed by atoms with Crippen molar-refractivity contribution in [2.45, 2.75) is 19.0 Å². The number of hydrogen-bond acceptors (Lipinski definition) is 4. The third-order valence-corrected chi connectivity index (χ3v) is 5.18. The Morgan fingerprint density at radius 1 is 1.26 bits per heavy atom. The first-order chi connectivity index (χ1) is 8.94. The van der Waals surface area contributed by atoms with Crippen molar-refractivity contribution < 1.29 is 22.8 Å². The number of halogens is 2. The van der Waals surface area contributed by atoms with Crippen LogP contribution in [0.5, 0.6) is 0 Å². The average Bonchev–Trinajstić information content (AvgIpc) is 2.38. The van der Waals surface area contributed by atoms with Gasteiger partial charge in [-0.25, -0.2) is 4.39 Å². The highest BCUT2D eigenvalue weighted by Crippen LogP contribution is 2.55. The Morgan fingerprint density at radius 2 is 1.74 bits per heavy atom. The summed E-state index contributed by atoms with van der Waals surface area (Å²) in [5.41, 5.74) is 0.154. The van der Waals surface area contributed by atoms with Gasteiger partial charge in [-0.3, -0.25) is 9.36 Å². The van der Waals surface area contributed by atoms with Gasteiger partial charge in [-0.1, -0.05) is 0 Å². The zero-order chi connectivity index (χ0) is 14.5. The average molecular weight is 309 g/mol. The summed E-state index contributed by atoms with van der Waals surface area (Å²) in [7, 11) is -3.72. The Hall–Kier alpha value is -0.740. The van der Waals surface area contributed by atoms with Crippen LogP contribution in [0.1, 0.15) is 24.2 Å². The first-order valence-electron chi connectivity index (χ1n) is 5.77. The maximum Gasteiger partial charge on any atom is 0.356 e. The molecule has 1 unspecified atom stereocenters. The molecular weight excluding hydrogens is 294 g/mol. The largest absolute Gasteiger partial charge is 0.356 e. The molecule has 106 valence electrons. The summed E-state index contributed by atoms with van der Waals surface area (Å²) in [6.07, 6.45) is 0. The van der Waals surface area contributed by atoms with Gasteiger partial charge >= 0.3 is 7.60 Å². The second-order valence-electron chi connectivity index (χ2n) is 3.58. The third kappa shape index (κ3) is 4.11. The molecule has 0 aliphatic rings. The molecule has 0 aromatic heterocycles. The van der Waals surface area contributed by atoms with Crippen LogP contribution in [0, 0.1) is 5.82 Å². The fraction of sp³-hybridized carbons (Fsp3) is 0.417. The quantitative estimate of drug-likeness (QED) is 0.436. The molecule has 4 nitrogen and oxygen atoms in total. The minimum atomic E-state index is -3.72. The SMILES string of the molecule is CCOP(=O)(OCC)C(Cl)C(=O)c1ccc(F)cc1. The minimum Gasteiger partial charge on any atom is -0.308 e. The summed E-state index contributed by atoms with van der Waals surface area (Å²) in [5, 5.41) is -1.45. The molecule has 0 fully saturated rings. The Morgan fingerprint density at radius 3 is 2.16 bits per heavy atom. The first kappa shape index (κ1) is 16.3. The van der Waals surface area contributed by atoms with Crippen molar-refractivity contribution in [1.29, 1.82) is 0 Å². The van der Waals surface area contributed by atoms with E-state index in [1.165, 1.54) is 12.1 Å².